The van der Waals surface area contributed by atoms with Crippen molar-refractivity contribution in [1.29, 1.82) is 5.26 Å². The van der Waals surface area contributed by atoms with Crippen LogP contribution in [0.2, 0.25) is 0 Å². The first kappa shape index (κ1) is 12.3. The Balaban J connectivity index is 3.20. The molecule has 0 spiro atoms. The summed E-state index contributed by atoms with van der Waals surface area (Å²) >= 11 is 0. The molecule has 1 rings (SSSR count). The van der Waals surface area contributed by atoms with Crippen molar-refractivity contribution >= 4 is 0 Å². The first-order chi connectivity index (χ1) is 7.35. The number of hydrogen-bond donors (Lipinski definition) is 1. The highest BCUT2D eigenvalue weighted by atomic mass is 19.4. The van der Waals surface area contributed by atoms with Gasteiger partial charge in [0.05, 0.1) is 7.11 Å². The lowest BCUT2D eigenvalue weighted by molar-refractivity contribution is -0.241. The van der Waals surface area contributed by atoms with E-state index in [2.05, 4.69) is 0 Å². The second-order valence-electron chi connectivity index (χ2n) is 3.05. The zero-order valence-electron chi connectivity index (χ0n) is 8.25. The van der Waals surface area contributed by atoms with Crippen LogP contribution in [-0.2, 0) is 5.60 Å². The molecule has 16 heavy (non-hydrogen) atoms. The van der Waals surface area contributed by atoms with Crippen LogP contribution in [-0.4, -0.2) is 18.4 Å². The Morgan fingerprint density at radius 2 is 1.75 bits per heavy atom. The molecule has 1 N–H and O–H groups in total. The topological polar surface area (TPSA) is 53.2 Å². The molecule has 1 atom stereocenters. The minimum absolute atomic E-state index is 0.339. The lowest BCUT2D eigenvalue weighted by atomic mass is 9.95. The number of halogens is 3. The fourth-order valence-corrected chi connectivity index (χ4v) is 1.12. The smallest absolute Gasteiger partial charge is 0.435 e. The van der Waals surface area contributed by atoms with Crippen molar-refractivity contribution < 1.29 is 23.0 Å². The molecule has 1 aromatic rings. The zero-order chi connectivity index (χ0) is 12.4. The van der Waals surface area contributed by atoms with Gasteiger partial charge >= 0.3 is 6.18 Å². The molecule has 0 amide bonds. The molecule has 6 heteroatoms. The number of rotatable bonds is 2. The van der Waals surface area contributed by atoms with E-state index < -0.39 is 17.3 Å². The summed E-state index contributed by atoms with van der Waals surface area (Å²) in [6.45, 7) is 0. The monoisotopic (exact) mass is 231 g/mol. The second-order valence-corrected chi connectivity index (χ2v) is 3.05. The number of methoxy groups -OCH3 is 1. The molecular weight excluding hydrogens is 223 g/mol. The number of benzene rings is 1. The summed E-state index contributed by atoms with van der Waals surface area (Å²) in [5, 5.41) is 17.7. The van der Waals surface area contributed by atoms with Crippen molar-refractivity contribution in [2.24, 2.45) is 0 Å². The molecule has 0 saturated carbocycles. The Labute approximate surface area is 89.7 Å². The Hall–Kier alpha value is -1.74. The maximum atomic E-state index is 12.5. The van der Waals surface area contributed by atoms with Gasteiger partial charge in [-0.15, -0.1) is 0 Å². The average Bonchev–Trinajstić information content (AvgIpc) is 2.26. The van der Waals surface area contributed by atoms with Gasteiger partial charge in [0.1, 0.15) is 11.8 Å². The lowest BCUT2D eigenvalue weighted by Gasteiger charge is -2.23. The Morgan fingerprint density at radius 1 is 1.25 bits per heavy atom. The van der Waals surface area contributed by atoms with E-state index in [0.717, 1.165) is 18.2 Å². The number of ether oxygens (including phenoxy) is 1. The van der Waals surface area contributed by atoms with Crippen LogP contribution >= 0.6 is 0 Å². The van der Waals surface area contributed by atoms with Crippen LogP contribution in [0.25, 0.3) is 0 Å². The molecular formula is C10H8F3NO2. The number of alkyl halides is 3. The summed E-state index contributed by atoms with van der Waals surface area (Å²) in [5.74, 6) is 0.339. The number of nitriles is 1. The molecule has 1 aromatic carbocycles. The van der Waals surface area contributed by atoms with E-state index in [-0.39, 0.29) is 0 Å². The van der Waals surface area contributed by atoms with Gasteiger partial charge in [0.2, 0.25) is 0 Å². The molecule has 1 unspecified atom stereocenters. The fraction of sp³-hybridized carbons (Fsp3) is 0.300. The van der Waals surface area contributed by atoms with Gasteiger partial charge in [-0.05, 0) is 12.1 Å². The van der Waals surface area contributed by atoms with Gasteiger partial charge < -0.3 is 9.84 Å². The summed E-state index contributed by atoms with van der Waals surface area (Å²) in [6.07, 6.45) is -5.05. The van der Waals surface area contributed by atoms with Crippen LogP contribution < -0.4 is 4.74 Å². The molecule has 0 saturated heterocycles. The Bertz CT molecular complexity index is 408. The summed E-state index contributed by atoms with van der Waals surface area (Å²) in [6, 6.07) is 5.33. The molecule has 0 aliphatic carbocycles. The Morgan fingerprint density at radius 3 is 2.06 bits per heavy atom. The predicted octanol–water partition coefficient (Wildman–Crippen LogP) is 1.97. The molecule has 0 aromatic heterocycles. The molecule has 0 heterocycles. The van der Waals surface area contributed by atoms with Crippen molar-refractivity contribution in [2.45, 2.75) is 11.8 Å². The molecule has 0 fully saturated rings. The molecule has 3 nitrogen and oxygen atoms in total. The van der Waals surface area contributed by atoms with Crippen molar-refractivity contribution in [3.8, 4) is 11.8 Å². The van der Waals surface area contributed by atoms with E-state index in [9.17, 15) is 18.3 Å². The summed E-state index contributed by atoms with van der Waals surface area (Å²) in [5.41, 5.74) is -4.03. The second kappa shape index (κ2) is 4.02. The van der Waals surface area contributed by atoms with Gasteiger partial charge in [0, 0.05) is 5.56 Å². The fourth-order valence-electron chi connectivity index (χ4n) is 1.12. The molecule has 0 aliphatic heterocycles. The van der Waals surface area contributed by atoms with Crippen molar-refractivity contribution in [1.82, 2.24) is 0 Å². The number of aliphatic hydroxyl groups is 1. The van der Waals surface area contributed by atoms with Gasteiger partial charge in [-0.3, -0.25) is 0 Å². The SMILES string of the molecule is COc1ccc(C(O)(C#N)C(F)(F)F)cc1. The molecule has 0 radical (unpaired) electrons. The number of nitrogens with zero attached hydrogens (tertiary/aromatic N) is 1. The van der Waals surface area contributed by atoms with Crippen molar-refractivity contribution in [3.63, 3.8) is 0 Å². The van der Waals surface area contributed by atoms with Crippen LogP contribution in [0, 0.1) is 11.3 Å². The average molecular weight is 231 g/mol. The molecule has 86 valence electrons. The molecule has 0 bridgehead atoms. The maximum absolute atomic E-state index is 12.5. The third-order valence-electron chi connectivity index (χ3n) is 2.08. The largest absolute Gasteiger partial charge is 0.497 e. The van der Waals surface area contributed by atoms with E-state index in [1.54, 1.807) is 0 Å². The lowest BCUT2D eigenvalue weighted by Crippen LogP contribution is -2.40. The van der Waals surface area contributed by atoms with Crippen LogP contribution in [0.4, 0.5) is 13.2 Å². The van der Waals surface area contributed by atoms with Gasteiger partial charge in [-0.1, -0.05) is 12.1 Å². The van der Waals surface area contributed by atoms with Crippen LogP contribution in [0.3, 0.4) is 0 Å². The van der Waals surface area contributed by atoms with E-state index in [0.29, 0.717) is 5.75 Å². The van der Waals surface area contributed by atoms with E-state index in [1.807, 2.05) is 0 Å². The summed E-state index contributed by atoms with van der Waals surface area (Å²) in [7, 11) is 1.36. The standard InChI is InChI=1S/C10H8F3NO2/c1-16-8-4-2-7(3-5-8)9(15,6-14)10(11,12)13/h2-5,15H,1H3. The van der Waals surface area contributed by atoms with E-state index >= 15 is 0 Å². The van der Waals surface area contributed by atoms with Crippen LogP contribution in [0.15, 0.2) is 24.3 Å². The van der Waals surface area contributed by atoms with E-state index in [4.69, 9.17) is 10.00 Å². The highest BCUT2D eigenvalue weighted by Crippen LogP contribution is 2.38. The van der Waals surface area contributed by atoms with Crippen LogP contribution in [0.5, 0.6) is 5.75 Å². The summed E-state index contributed by atoms with van der Waals surface area (Å²) < 4.78 is 42.2. The summed E-state index contributed by atoms with van der Waals surface area (Å²) in [4.78, 5) is 0. The first-order valence-corrected chi connectivity index (χ1v) is 4.20. The Kier molecular flexibility index (Phi) is 3.10. The van der Waals surface area contributed by atoms with Crippen LogP contribution in [0.1, 0.15) is 5.56 Å². The zero-order valence-corrected chi connectivity index (χ0v) is 8.25. The highest BCUT2D eigenvalue weighted by molar-refractivity contribution is 5.35. The van der Waals surface area contributed by atoms with Crippen molar-refractivity contribution in [3.05, 3.63) is 29.8 Å². The number of hydrogen-bond acceptors (Lipinski definition) is 3. The van der Waals surface area contributed by atoms with Gasteiger partial charge in [0.15, 0.2) is 0 Å². The third-order valence-corrected chi connectivity index (χ3v) is 2.08. The minimum Gasteiger partial charge on any atom is -0.497 e. The van der Waals surface area contributed by atoms with Gasteiger partial charge in [-0.25, -0.2) is 0 Å². The highest BCUT2D eigenvalue weighted by Gasteiger charge is 2.56. The van der Waals surface area contributed by atoms with Gasteiger partial charge in [-0.2, -0.15) is 18.4 Å². The first-order valence-electron chi connectivity index (χ1n) is 4.20. The minimum atomic E-state index is -5.05. The predicted molar refractivity (Wildman–Crippen MR) is 48.6 cm³/mol. The van der Waals surface area contributed by atoms with E-state index in [1.165, 1.54) is 19.2 Å². The maximum Gasteiger partial charge on any atom is 0.435 e. The quantitative estimate of drug-likeness (QED) is 0.791. The van der Waals surface area contributed by atoms with Crippen molar-refractivity contribution in [2.75, 3.05) is 7.11 Å². The third kappa shape index (κ3) is 1.95. The molecule has 0 aliphatic rings. The van der Waals surface area contributed by atoms with Gasteiger partial charge in [0.25, 0.3) is 5.60 Å². The normalized spacial score (nSPS) is 15.0.